The quantitative estimate of drug-likeness (QED) is 0.834. The summed E-state index contributed by atoms with van der Waals surface area (Å²) in [5.74, 6) is -2.76. The molecule has 0 spiro atoms. The van der Waals surface area contributed by atoms with E-state index in [-0.39, 0.29) is 10.8 Å². The van der Waals surface area contributed by atoms with Crippen LogP contribution in [0.15, 0.2) is 34.9 Å². The van der Waals surface area contributed by atoms with Crippen LogP contribution in [0.5, 0.6) is 0 Å². The molecule has 0 aliphatic heterocycles. The van der Waals surface area contributed by atoms with E-state index < -0.39 is 23.1 Å². The number of hydrogen-bond acceptors (Lipinski definition) is 2. The zero-order valence-corrected chi connectivity index (χ0v) is 11.6. The number of carbonyl (C=O) groups excluding carboxylic acids is 1. The standard InChI is InChI=1S/C12H6BrClF2N2O/c13-7-4-6(5-17-11(7)14)18-12(19)10-8(15)2-1-3-9(10)16/h1-5H,(H,18,19). The highest BCUT2D eigenvalue weighted by atomic mass is 79.9. The van der Waals surface area contributed by atoms with E-state index in [0.717, 1.165) is 12.1 Å². The molecule has 0 aliphatic rings. The molecule has 0 unspecified atom stereocenters. The summed E-state index contributed by atoms with van der Waals surface area (Å²) in [5, 5.41) is 2.56. The number of anilines is 1. The molecular weight excluding hydrogens is 341 g/mol. The van der Waals surface area contributed by atoms with Crippen LogP contribution in [0.2, 0.25) is 5.15 Å². The van der Waals surface area contributed by atoms with Gasteiger partial charge in [0.05, 0.1) is 16.4 Å². The predicted molar refractivity (Wildman–Crippen MR) is 71.3 cm³/mol. The lowest BCUT2D eigenvalue weighted by atomic mass is 10.2. The van der Waals surface area contributed by atoms with Crippen molar-refractivity contribution in [1.82, 2.24) is 4.98 Å². The van der Waals surface area contributed by atoms with Crippen LogP contribution < -0.4 is 5.32 Å². The summed E-state index contributed by atoms with van der Waals surface area (Å²) in [6, 6.07) is 4.68. The van der Waals surface area contributed by atoms with Gasteiger partial charge in [0.2, 0.25) is 0 Å². The van der Waals surface area contributed by atoms with E-state index in [2.05, 4.69) is 26.2 Å². The van der Waals surface area contributed by atoms with Crippen molar-refractivity contribution in [3.63, 3.8) is 0 Å². The zero-order valence-electron chi connectivity index (χ0n) is 9.25. The minimum absolute atomic E-state index is 0.218. The van der Waals surface area contributed by atoms with Gasteiger partial charge in [-0.2, -0.15) is 0 Å². The van der Waals surface area contributed by atoms with Crippen molar-refractivity contribution in [2.75, 3.05) is 5.32 Å². The second-order valence-electron chi connectivity index (χ2n) is 3.55. The number of nitrogens with one attached hydrogen (secondary N) is 1. The van der Waals surface area contributed by atoms with Gasteiger partial charge >= 0.3 is 0 Å². The first-order chi connectivity index (χ1) is 8.99. The lowest BCUT2D eigenvalue weighted by Crippen LogP contribution is -2.16. The number of carbonyl (C=O) groups is 1. The average Bonchev–Trinajstić information content (AvgIpc) is 2.33. The minimum atomic E-state index is -0.932. The van der Waals surface area contributed by atoms with Gasteiger partial charge in [0.1, 0.15) is 22.4 Å². The number of hydrogen-bond donors (Lipinski definition) is 1. The summed E-state index contributed by atoms with van der Waals surface area (Å²) in [6.07, 6.45) is 1.28. The predicted octanol–water partition coefficient (Wildman–Crippen LogP) is 4.03. The zero-order chi connectivity index (χ0) is 14.0. The Labute approximate surface area is 120 Å². The van der Waals surface area contributed by atoms with Crippen LogP contribution in [0.4, 0.5) is 14.5 Å². The summed E-state index contributed by atoms with van der Waals surface area (Å²) < 4.78 is 27.3. The van der Waals surface area contributed by atoms with Crippen molar-refractivity contribution in [2.45, 2.75) is 0 Å². The molecule has 2 aromatic rings. The third kappa shape index (κ3) is 3.08. The molecule has 0 fully saturated rings. The van der Waals surface area contributed by atoms with Gasteiger partial charge < -0.3 is 5.32 Å². The third-order valence-corrected chi connectivity index (χ3v) is 3.38. The molecule has 2 rings (SSSR count). The first-order valence-electron chi connectivity index (χ1n) is 5.05. The molecule has 1 aromatic heterocycles. The van der Waals surface area contributed by atoms with Gasteiger partial charge in [0.25, 0.3) is 5.91 Å². The lowest BCUT2D eigenvalue weighted by molar-refractivity contribution is 0.101. The number of halogens is 4. The number of aromatic nitrogens is 1. The van der Waals surface area contributed by atoms with Gasteiger partial charge in [-0.25, -0.2) is 13.8 Å². The van der Waals surface area contributed by atoms with E-state index in [9.17, 15) is 13.6 Å². The molecule has 3 nitrogen and oxygen atoms in total. The number of pyridine rings is 1. The molecule has 0 bridgehead atoms. The van der Waals surface area contributed by atoms with E-state index >= 15 is 0 Å². The van der Waals surface area contributed by atoms with E-state index in [1.165, 1.54) is 18.3 Å². The van der Waals surface area contributed by atoms with Crippen molar-refractivity contribution < 1.29 is 13.6 Å². The molecule has 1 N–H and O–H groups in total. The summed E-state index contributed by atoms with van der Waals surface area (Å²) in [7, 11) is 0. The van der Waals surface area contributed by atoms with Gasteiger partial charge in [-0.15, -0.1) is 0 Å². The Morgan fingerprint density at radius 1 is 1.32 bits per heavy atom. The van der Waals surface area contributed by atoms with Crippen molar-refractivity contribution in [3.05, 3.63) is 57.3 Å². The Bertz CT molecular complexity index is 631. The average molecular weight is 348 g/mol. The van der Waals surface area contributed by atoms with Crippen LogP contribution >= 0.6 is 27.5 Å². The third-order valence-electron chi connectivity index (χ3n) is 2.24. The molecular formula is C12H6BrClF2N2O. The normalized spacial score (nSPS) is 10.3. The molecule has 0 aliphatic carbocycles. The second-order valence-corrected chi connectivity index (χ2v) is 4.76. The van der Waals surface area contributed by atoms with Crippen molar-refractivity contribution in [3.8, 4) is 0 Å². The highest BCUT2D eigenvalue weighted by Crippen LogP contribution is 2.23. The Kier molecular flexibility index (Phi) is 4.11. The highest BCUT2D eigenvalue weighted by Gasteiger charge is 2.17. The summed E-state index contributed by atoms with van der Waals surface area (Å²) in [5.41, 5.74) is -0.377. The number of rotatable bonds is 2. The Hall–Kier alpha value is -1.53. The first-order valence-corrected chi connectivity index (χ1v) is 6.22. The van der Waals surface area contributed by atoms with Crippen LogP contribution in [-0.4, -0.2) is 10.9 Å². The molecule has 0 saturated heterocycles. The van der Waals surface area contributed by atoms with Gasteiger partial charge in [-0.05, 0) is 34.1 Å². The smallest absolute Gasteiger partial charge is 0.261 e. The fourth-order valence-corrected chi connectivity index (χ4v) is 1.85. The fourth-order valence-electron chi connectivity index (χ4n) is 1.40. The van der Waals surface area contributed by atoms with Gasteiger partial charge in [-0.3, -0.25) is 4.79 Å². The molecule has 0 atom stereocenters. The molecule has 1 amide bonds. The van der Waals surface area contributed by atoms with Crippen molar-refractivity contribution in [2.24, 2.45) is 0 Å². The summed E-state index contributed by atoms with van der Waals surface area (Å²) >= 11 is 8.82. The number of nitrogens with zero attached hydrogens (tertiary/aromatic N) is 1. The van der Waals surface area contributed by atoms with Crippen LogP contribution in [0.1, 0.15) is 10.4 Å². The maximum Gasteiger partial charge on any atom is 0.261 e. The SMILES string of the molecule is O=C(Nc1cnc(Cl)c(Br)c1)c1c(F)cccc1F. The molecule has 7 heteroatoms. The Balaban J connectivity index is 2.28. The van der Waals surface area contributed by atoms with E-state index in [1.54, 1.807) is 0 Å². The Morgan fingerprint density at radius 3 is 2.53 bits per heavy atom. The monoisotopic (exact) mass is 346 g/mol. The molecule has 98 valence electrons. The molecule has 0 saturated carbocycles. The topological polar surface area (TPSA) is 42.0 Å². The molecule has 1 heterocycles. The minimum Gasteiger partial charge on any atom is -0.320 e. The lowest BCUT2D eigenvalue weighted by Gasteiger charge is -2.07. The number of benzene rings is 1. The van der Waals surface area contributed by atoms with E-state index in [1.807, 2.05) is 0 Å². The largest absolute Gasteiger partial charge is 0.320 e. The van der Waals surface area contributed by atoms with Crippen LogP contribution in [0.3, 0.4) is 0 Å². The highest BCUT2D eigenvalue weighted by molar-refractivity contribution is 9.10. The van der Waals surface area contributed by atoms with Gasteiger partial charge in [0, 0.05) is 0 Å². The van der Waals surface area contributed by atoms with Crippen molar-refractivity contribution >= 4 is 39.1 Å². The van der Waals surface area contributed by atoms with Crippen LogP contribution in [-0.2, 0) is 0 Å². The second kappa shape index (κ2) is 5.63. The van der Waals surface area contributed by atoms with Crippen molar-refractivity contribution in [1.29, 1.82) is 0 Å². The maximum atomic E-state index is 13.4. The first kappa shape index (κ1) is 13.9. The van der Waals surface area contributed by atoms with Crippen LogP contribution in [0.25, 0.3) is 0 Å². The molecule has 1 aromatic carbocycles. The molecule has 19 heavy (non-hydrogen) atoms. The summed E-state index contributed by atoms with van der Waals surface area (Å²) in [6.45, 7) is 0. The van der Waals surface area contributed by atoms with Gasteiger partial charge in [-0.1, -0.05) is 17.7 Å². The van der Waals surface area contributed by atoms with E-state index in [0.29, 0.717) is 4.47 Å². The van der Waals surface area contributed by atoms with E-state index in [4.69, 9.17) is 11.6 Å². The molecule has 0 radical (unpaired) electrons. The Morgan fingerprint density at radius 2 is 1.95 bits per heavy atom. The van der Waals surface area contributed by atoms with Gasteiger partial charge in [0.15, 0.2) is 0 Å². The number of amides is 1. The maximum absolute atomic E-state index is 13.4. The summed E-state index contributed by atoms with van der Waals surface area (Å²) in [4.78, 5) is 15.6. The fraction of sp³-hybridized carbons (Fsp3) is 0. The van der Waals surface area contributed by atoms with Crippen LogP contribution in [0, 0.1) is 11.6 Å².